The molecule has 1 aliphatic heterocycles. The first kappa shape index (κ1) is 15.5. The van der Waals surface area contributed by atoms with E-state index in [1.807, 2.05) is 30.3 Å². The lowest BCUT2D eigenvalue weighted by atomic mass is 9.88. The van der Waals surface area contributed by atoms with Gasteiger partial charge < -0.3 is 14.7 Å². The number of benzene rings is 1. The first-order chi connectivity index (χ1) is 10.1. The second-order valence-corrected chi connectivity index (χ2v) is 5.20. The van der Waals surface area contributed by atoms with Crippen LogP contribution in [0.15, 0.2) is 30.3 Å². The molecule has 114 valence electrons. The Morgan fingerprint density at radius 1 is 1.33 bits per heavy atom. The van der Waals surface area contributed by atoms with E-state index in [9.17, 15) is 9.59 Å². The van der Waals surface area contributed by atoms with Crippen molar-refractivity contribution in [2.24, 2.45) is 5.92 Å². The van der Waals surface area contributed by atoms with Gasteiger partial charge in [0.15, 0.2) is 0 Å². The second kappa shape index (κ2) is 7.22. The fourth-order valence-electron chi connectivity index (χ4n) is 2.75. The molecule has 2 atom stereocenters. The number of carboxylic acids is 1. The number of ether oxygens (including phenoxy) is 1. The molecule has 1 aromatic carbocycles. The normalized spacial score (nSPS) is 21.8. The molecule has 0 aromatic heterocycles. The number of rotatable bonds is 5. The number of aliphatic carboxylic acids is 1. The second-order valence-electron chi connectivity index (χ2n) is 5.20. The Morgan fingerprint density at radius 3 is 2.67 bits per heavy atom. The van der Waals surface area contributed by atoms with Crippen molar-refractivity contribution in [3.8, 4) is 0 Å². The van der Waals surface area contributed by atoms with Crippen LogP contribution in [0.5, 0.6) is 0 Å². The van der Waals surface area contributed by atoms with Gasteiger partial charge in [-0.05, 0) is 25.3 Å². The molecule has 1 amide bonds. The third-order valence-corrected chi connectivity index (χ3v) is 3.79. The van der Waals surface area contributed by atoms with E-state index >= 15 is 0 Å². The standard InChI is InChI=1S/C16H21NO4/c1-2-17(11-14(18)19)16(20)13-9-6-10-21-15(13)12-7-4-3-5-8-12/h3-5,7-8,13,15H,2,6,9-11H2,1H3,(H,18,19)/t13-,15+/m1/s1. The van der Waals surface area contributed by atoms with Gasteiger partial charge in [-0.1, -0.05) is 30.3 Å². The minimum absolute atomic E-state index is 0.131. The molecule has 2 rings (SSSR count). The van der Waals surface area contributed by atoms with Crippen LogP contribution >= 0.6 is 0 Å². The van der Waals surface area contributed by atoms with Crippen LogP contribution in [0.1, 0.15) is 31.4 Å². The summed E-state index contributed by atoms with van der Waals surface area (Å²) in [6.07, 6.45) is 1.27. The van der Waals surface area contributed by atoms with E-state index < -0.39 is 5.97 Å². The molecule has 1 aromatic rings. The number of carbonyl (C=O) groups is 2. The van der Waals surface area contributed by atoms with Crippen LogP contribution < -0.4 is 0 Å². The minimum atomic E-state index is -0.988. The van der Waals surface area contributed by atoms with Crippen molar-refractivity contribution in [2.75, 3.05) is 19.7 Å². The van der Waals surface area contributed by atoms with Gasteiger partial charge in [-0.25, -0.2) is 0 Å². The van der Waals surface area contributed by atoms with Gasteiger partial charge in [-0.2, -0.15) is 0 Å². The number of amides is 1. The van der Waals surface area contributed by atoms with Gasteiger partial charge in [0.25, 0.3) is 0 Å². The van der Waals surface area contributed by atoms with Crippen molar-refractivity contribution < 1.29 is 19.4 Å². The first-order valence-electron chi connectivity index (χ1n) is 7.30. The number of carboxylic acid groups (broad SMARTS) is 1. The Morgan fingerprint density at radius 2 is 2.05 bits per heavy atom. The summed E-state index contributed by atoms with van der Waals surface area (Å²) in [5.41, 5.74) is 0.974. The van der Waals surface area contributed by atoms with E-state index in [4.69, 9.17) is 9.84 Å². The summed E-state index contributed by atoms with van der Waals surface area (Å²) in [6, 6.07) is 9.66. The number of hydrogen-bond acceptors (Lipinski definition) is 3. The monoisotopic (exact) mass is 291 g/mol. The van der Waals surface area contributed by atoms with E-state index in [2.05, 4.69) is 0 Å². The van der Waals surface area contributed by atoms with Gasteiger partial charge in [0, 0.05) is 13.2 Å². The highest BCUT2D eigenvalue weighted by atomic mass is 16.5. The largest absolute Gasteiger partial charge is 0.480 e. The quantitative estimate of drug-likeness (QED) is 0.902. The van der Waals surface area contributed by atoms with Crippen molar-refractivity contribution in [3.63, 3.8) is 0 Å². The SMILES string of the molecule is CCN(CC(=O)O)C(=O)[C@@H]1CCCO[C@H]1c1ccccc1. The molecule has 21 heavy (non-hydrogen) atoms. The average molecular weight is 291 g/mol. The minimum Gasteiger partial charge on any atom is -0.480 e. The van der Waals surface area contributed by atoms with Gasteiger partial charge in [0.05, 0.1) is 12.0 Å². The highest BCUT2D eigenvalue weighted by Gasteiger charge is 2.35. The Kier molecular flexibility index (Phi) is 5.33. The molecule has 1 heterocycles. The van der Waals surface area contributed by atoms with Crippen LogP contribution in [0, 0.1) is 5.92 Å². The summed E-state index contributed by atoms with van der Waals surface area (Å²) in [4.78, 5) is 24.9. The molecule has 0 unspecified atom stereocenters. The summed E-state index contributed by atoms with van der Waals surface area (Å²) in [5, 5.41) is 8.92. The van der Waals surface area contributed by atoms with Gasteiger partial charge in [0.1, 0.15) is 6.54 Å². The summed E-state index contributed by atoms with van der Waals surface area (Å²) in [7, 11) is 0. The maximum absolute atomic E-state index is 12.6. The Balaban J connectivity index is 2.18. The van der Waals surface area contributed by atoms with Crippen molar-refractivity contribution >= 4 is 11.9 Å². The van der Waals surface area contributed by atoms with Crippen LogP contribution in [-0.4, -0.2) is 41.6 Å². The van der Waals surface area contributed by atoms with Crippen LogP contribution in [-0.2, 0) is 14.3 Å². The lowest BCUT2D eigenvalue weighted by molar-refractivity contribution is -0.151. The molecular weight excluding hydrogens is 270 g/mol. The molecule has 0 aliphatic carbocycles. The van der Waals surface area contributed by atoms with E-state index in [1.54, 1.807) is 6.92 Å². The van der Waals surface area contributed by atoms with Crippen LogP contribution in [0.2, 0.25) is 0 Å². The van der Waals surface area contributed by atoms with E-state index in [-0.39, 0.29) is 24.5 Å². The van der Waals surface area contributed by atoms with Gasteiger partial charge in [-0.3, -0.25) is 9.59 Å². The van der Waals surface area contributed by atoms with Gasteiger partial charge in [0.2, 0.25) is 5.91 Å². The highest BCUT2D eigenvalue weighted by Crippen LogP contribution is 2.34. The predicted molar refractivity (Wildman–Crippen MR) is 77.7 cm³/mol. The van der Waals surface area contributed by atoms with Crippen LogP contribution in [0.3, 0.4) is 0 Å². The zero-order chi connectivity index (χ0) is 15.2. The molecule has 1 aliphatic rings. The molecule has 1 N–H and O–H groups in total. The highest BCUT2D eigenvalue weighted by molar-refractivity contribution is 5.83. The number of likely N-dealkylation sites (N-methyl/N-ethyl adjacent to an activating group) is 1. The summed E-state index contributed by atoms with van der Waals surface area (Å²) >= 11 is 0. The zero-order valence-corrected chi connectivity index (χ0v) is 12.2. The van der Waals surface area contributed by atoms with E-state index in [0.717, 1.165) is 18.4 Å². The summed E-state index contributed by atoms with van der Waals surface area (Å²) in [6.45, 7) is 2.56. The topological polar surface area (TPSA) is 66.8 Å². The lowest BCUT2D eigenvalue weighted by Gasteiger charge is -2.34. The smallest absolute Gasteiger partial charge is 0.323 e. The van der Waals surface area contributed by atoms with Crippen molar-refractivity contribution in [1.82, 2.24) is 4.90 Å². The maximum atomic E-state index is 12.6. The molecular formula is C16H21NO4. The molecule has 0 bridgehead atoms. The molecule has 5 nitrogen and oxygen atoms in total. The van der Waals surface area contributed by atoms with Crippen molar-refractivity contribution in [3.05, 3.63) is 35.9 Å². The zero-order valence-electron chi connectivity index (χ0n) is 12.2. The molecule has 0 spiro atoms. The summed E-state index contributed by atoms with van der Waals surface area (Å²) in [5.74, 6) is -1.42. The summed E-state index contributed by atoms with van der Waals surface area (Å²) < 4.78 is 5.80. The van der Waals surface area contributed by atoms with Gasteiger partial charge >= 0.3 is 5.97 Å². The number of carbonyl (C=O) groups excluding carboxylic acids is 1. The third kappa shape index (κ3) is 3.82. The Hall–Kier alpha value is -1.88. The number of nitrogens with zero attached hydrogens (tertiary/aromatic N) is 1. The number of hydrogen-bond donors (Lipinski definition) is 1. The molecule has 0 saturated carbocycles. The average Bonchev–Trinajstić information content (AvgIpc) is 2.52. The van der Waals surface area contributed by atoms with Crippen molar-refractivity contribution in [2.45, 2.75) is 25.9 Å². The first-order valence-corrected chi connectivity index (χ1v) is 7.30. The molecule has 1 saturated heterocycles. The Bertz CT molecular complexity index is 488. The van der Waals surface area contributed by atoms with E-state index in [0.29, 0.717) is 13.2 Å². The maximum Gasteiger partial charge on any atom is 0.323 e. The predicted octanol–water partition coefficient (Wildman–Crippen LogP) is 2.09. The fourth-order valence-corrected chi connectivity index (χ4v) is 2.75. The third-order valence-electron chi connectivity index (χ3n) is 3.79. The molecule has 5 heteroatoms. The van der Waals surface area contributed by atoms with Crippen molar-refractivity contribution in [1.29, 1.82) is 0 Å². The van der Waals surface area contributed by atoms with Gasteiger partial charge in [-0.15, -0.1) is 0 Å². The van der Waals surface area contributed by atoms with Crippen LogP contribution in [0.25, 0.3) is 0 Å². The molecule has 1 fully saturated rings. The fraction of sp³-hybridized carbons (Fsp3) is 0.500. The molecule has 0 radical (unpaired) electrons. The Labute approximate surface area is 124 Å². The van der Waals surface area contributed by atoms with E-state index in [1.165, 1.54) is 4.90 Å². The lowest BCUT2D eigenvalue weighted by Crippen LogP contribution is -2.43. The van der Waals surface area contributed by atoms with Crippen LogP contribution in [0.4, 0.5) is 0 Å².